The Balaban J connectivity index is 1.08. The maximum absolute atomic E-state index is 15.0. The van der Waals surface area contributed by atoms with E-state index in [-0.39, 0.29) is 29.9 Å². The maximum atomic E-state index is 15.0. The highest BCUT2D eigenvalue weighted by molar-refractivity contribution is 5.99. The number of hydrogen-bond donors (Lipinski definition) is 0. The molecule has 12 heteroatoms. The Morgan fingerprint density at radius 1 is 0.930 bits per heavy atom. The van der Waals surface area contributed by atoms with Crippen molar-refractivity contribution in [3.05, 3.63) is 124 Å². The van der Waals surface area contributed by atoms with Crippen LogP contribution in [0.25, 0.3) is 44.4 Å². The van der Waals surface area contributed by atoms with Crippen LogP contribution in [-0.2, 0) is 30.4 Å². The van der Waals surface area contributed by atoms with Crippen LogP contribution in [-0.4, -0.2) is 58.6 Å². The number of imidazole rings is 1. The van der Waals surface area contributed by atoms with Gasteiger partial charge in [0.1, 0.15) is 28.4 Å². The third-order valence-corrected chi connectivity index (χ3v) is 12.7. The Hall–Kier alpha value is -6.19. The number of benzene rings is 3. The predicted molar refractivity (Wildman–Crippen MR) is 215 cm³/mol. The normalized spacial score (nSPS) is 19.6. The van der Waals surface area contributed by atoms with E-state index in [0.29, 0.717) is 64.9 Å². The second kappa shape index (κ2) is 12.9. The second-order valence-electron chi connectivity index (χ2n) is 16.2. The van der Waals surface area contributed by atoms with Gasteiger partial charge in [0.2, 0.25) is 0 Å². The van der Waals surface area contributed by atoms with E-state index in [0.717, 1.165) is 53.5 Å². The molecular formula is C45H43FN8O3. The van der Waals surface area contributed by atoms with Crippen molar-refractivity contribution >= 4 is 27.7 Å². The molecule has 2 aliphatic heterocycles. The Morgan fingerprint density at radius 2 is 1.67 bits per heavy atom. The number of nitriles is 1. The van der Waals surface area contributed by atoms with Gasteiger partial charge in [-0.25, -0.2) is 9.18 Å². The molecule has 1 unspecified atom stereocenters. The number of carbonyl (C=O) groups is 1. The molecule has 0 N–H and O–H groups in total. The number of halogens is 1. The van der Waals surface area contributed by atoms with E-state index in [2.05, 4.69) is 31.2 Å². The number of hydrogen-bond acceptors (Lipinski definition) is 5. The van der Waals surface area contributed by atoms with Crippen molar-refractivity contribution in [2.24, 2.45) is 13.0 Å². The number of ether oxygens (including phenoxy) is 1. The predicted octanol–water partition coefficient (Wildman–Crippen LogP) is 7.50. The molecule has 1 aliphatic carbocycles. The summed E-state index contributed by atoms with van der Waals surface area (Å²) in [6, 6.07) is 22.4. The van der Waals surface area contributed by atoms with E-state index in [1.165, 1.54) is 5.56 Å². The molecule has 0 radical (unpaired) electrons. The summed E-state index contributed by atoms with van der Waals surface area (Å²) in [7, 11) is 1.99. The number of rotatable bonds is 6. The highest BCUT2D eigenvalue weighted by Gasteiger charge is 2.55. The minimum absolute atomic E-state index is 0.0953. The van der Waals surface area contributed by atoms with Crippen molar-refractivity contribution in [2.45, 2.75) is 64.6 Å². The van der Waals surface area contributed by atoms with Crippen molar-refractivity contribution in [1.82, 2.24) is 32.9 Å². The molecule has 0 bridgehead atoms. The van der Waals surface area contributed by atoms with Crippen LogP contribution in [0.5, 0.6) is 0 Å². The van der Waals surface area contributed by atoms with Gasteiger partial charge in [0.05, 0.1) is 36.1 Å². The minimum atomic E-state index is -0.805. The molecule has 6 heterocycles. The lowest BCUT2D eigenvalue weighted by molar-refractivity contribution is 0.0693. The smallest absolute Gasteiger partial charge is 0.337 e. The lowest BCUT2D eigenvalue weighted by Crippen LogP contribution is -2.40. The Morgan fingerprint density at radius 3 is 2.40 bits per heavy atom. The minimum Gasteiger partial charge on any atom is -0.381 e. The zero-order valence-corrected chi connectivity index (χ0v) is 32.5. The number of amides is 1. The van der Waals surface area contributed by atoms with E-state index in [9.17, 15) is 19.2 Å². The Bertz CT molecular complexity index is 2870. The average molecular weight is 763 g/mol. The van der Waals surface area contributed by atoms with Crippen molar-refractivity contribution in [3.63, 3.8) is 0 Å². The molecule has 7 aromatic rings. The summed E-state index contributed by atoms with van der Waals surface area (Å²) >= 11 is 0. The van der Waals surface area contributed by atoms with Gasteiger partial charge in [-0.3, -0.25) is 18.6 Å². The SMILES string of the molecule is Cc1cc(-c2nn3c(c2-n2ccn(-c4ccc5c(ccn5C)c4)c2=O)CN(C(=O)c2cc4cc(C5CCOCC5)ccc4n2C2(C#N)C[C@@H]2C)CC3)cc(C)c1F. The third-order valence-electron chi connectivity index (χ3n) is 12.7. The van der Waals surface area contributed by atoms with Gasteiger partial charge in [-0.1, -0.05) is 13.0 Å². The molecule has 4 aromatic heterocycles. The zero-order valence-electron chi connectivity index (χ0n) is 32.5. The highest BCUT2D eigenvalue weighted by Crippen LogP contribution is 2.52. The quantitative estimate of drug-likeness (QED) is 0.174. The number of carbonyl (C=O) groups excluding carboxylic acids is 1. The Labute approximate surface area is 328 Å². The molecule has 1 saturated carbocycles. The van der Waals surface area contributed by atoms with Crippen molar-refractivity contribution < 1.29 is 13.9 Å². The first kappa shape index (κ1) is 35.2. The fourth-order valence-electron chi connectivity index (χ4n) is 9.36. The van der Waals surface area contributed by atoms with Crippen molar-refractivity contribution in [3.8, 4) is 28.7 Å². The van der Waals surface area contributed by atoms with Gasteiger partial charge in [-0.15, -0.1) is 0 Å². The van der Waals surface area contributed by atoms with Gasteiger partial charge < -0.3 is 18.8 Å². The maximum Gasteiger partial charge on any atom is 0.337 e. The van der Waals surface area contributed by atoms with Crippen LogP contribution >= 0.6 is 0 Å². The van der Waals surface area contributed by atoms with Crippen LogP contribution in [0.1, 0.15) is 65.0 Å². The summed E-state index contributed by atoms with van der Waals surface area (Å²) in [6.45, 7) is 7.93. The molecule has 57 heavy (non-hydrogen) atoms. The summed E-state index contributed by atoms with van der Waals surface area (Å²) < 4.78 is 29.7. The van der Waals surface area contributed by atoms with E-state index in [1.54, 1.807) is 52.4 Å². The molecule has 10 rings (SSSR count). The molecule has 11 nitrogen and oxygen atoms in total. The summed E-state index contributed by atoms with van der Waals surface area (Å²) in [5, 5.41) is 17.6. The molecule has 0 spiro atoms. The van der Waals surface area contributed by atoms with Gasteiger partial charge in [0.15, 0.2) is 0 Å². The third kappa shape index (κ3) is 5.43. The molecule has 3 aromatic carbocycles. The standard InChI is InChI=1S/C45H43FN8O3/c1-27-19-34(20-28(2)40(27)46)41-42(52-15-14-51(44(52)56)35-6-8-36-32(22-35)9-12-49(36)4)39-25-50(13-16-53(39)48-41)43(55)38-23-33-21-31(30-10-17-57-18-11-30)5-7-37(33)54(38)45(26-47)24-29(45)3/h5-9,12,14-15,19-23,29-30H,10-11,13,16-18,24-25H2,1-4H3/t29-,45?/m0/s1. The van der Waals surface area contributed by atoms with E-state index < -0.39 is 5.54 Å². The second-order valence-corrected chi connectivity index (χ2v) is 16.2. The molecular weight excluding hydrogens is 720 g/mol. The monoisotopic (exact) mass is 762 g/mol. The van der Waals surface area contributed by atoms with Gasteiger partial charge in [-0.05, 0) is 116 Å². The molecule has 1 saturated heterocycles. The van der Waals surface area contributed by atoms with E-state index in [4.69, 9.17) is 9.84 Å². The summed E-state index contributed by atoms with van der Waals surface area (Å²) in [5.41, 5.74) is 6.70. The number of nitrogens with zero attached hydrogens (tertiary/aromatic N) is 8. The lowest BCUT2D eigenvalue weighted by atomic mass is 9.91. The van der Waals surface area contributed by atoms with Gasteiger partial charge in [-0.2, -0.15) is 10.4 Å². The zero-order chi connectivity index (χ0) is 39.3. The first-order chi connectivity index (χ1) is 27.6. The number of aromatic nitrogens is 6. The van der Waals surface area contributed by atoms with Crippen molar-refractivity contribution in [2.75, 3.05) is 19.8 Å². The van der Waals surface area contributed by atoms with Crippen LogP contribution < -0.4 is 5.69 Å². The van der Waals surface area contributed by atoms with Crippen molar-refractivity contribution in [1.29, 1.82) is 5.26 Å². The highest BCUT2D eigenvalue weighted by atomic mass is 19.1. The van der Waals surface area contributed by atoms with Crippen LogP contribution in [0.2, 0.25) is 0 Å². The van der Waals surface area contributed by atoms with Crippen LogP contribution in [0.15, 0.2) is 84.0 Å². The fourth-order valence-corrected chi connectivity index (χ4v) is 9.36. The molecule has 288 valence electrons. The Kier molecular flexibility index (Phi) is 7.99. The van der Waals surface area contributed by atoms with Gasteiger partial charge >= 0.3 is 5.69 Å². The number of aryl methyl sites for hydroxylation is 3. The molecule has 1 amide bonds. The summed E-state index contributed by atoms with van der Waals surface area (Å²) in [5.74, 6) is 0.0228. The van der Waals surface area contributed by atoms with E-state index >= 15 is 0 Å². The molecule has 2 fully saturated rings. The van der Waals surface area contributed by atoms with Gasteiger partial charge in [0, 0.05) is 67.2 Å². The molecule has 2 atom stereocenters. The topological polar surface area (TPSA) is 108 Å². The van der Waals surface area contributed by atoms with Crippen LogP contribution in [0.3, 0.4) is 0 Å². The lowest BCUT2D eigenvalue weighted by Gasteiger charge is -2.29. The number of fused-ring (bicyclic) bond motifs is 3. The average Bonchev–Trinajstić information content (AvgIpc) is 3.67. The van der Waals surface area contributed by atoms with Gasteiger partial charge in [0.25, 0.3) is 5.91 Å². The van der Waals surface area contributed by atoms with E-state index in [1.807, 2.05) is 57.4 Å². The first-order valence-electron chi connectivity index (χ1n) is 19.7. The van der Waals surface area contributed by atoms with Crippen LogP contribution in [0, 0.1) is 36.9 Å². The largest absolute Gasteiger partial charge is 0.381 e. The summed E-state index contributed by atoms with van der Waals surface area (Å²) in [6.07, 6.45) is 8.05. The van der Waals surface area contributed by atoms with Crippen LogP contribution in [0.4, 0.5) is 4.39 Å². The molecule has 3 aliphatic rings. The first-order valence-corrected chi connectivity index (χ1v) is 19.7. The fraction of sp³-hybridized carbons (Fsp3) is 0.333. The summed E-state index contributed by atoms with van der Waals surface area (Å²) in [4.78, 5) is 31.2.